The van der Waals surface area contributed by atoms with Gasteiger partial charge in [-0.3, -0.25) is 0 Å². The summed E-state index contributed by atoms with van der Waals surface area (Å²) in [4.78, 5) is 0. The number of hydrogen-bond donors (Lipinski definition) is 1. The average molecular weight is 304 g/mol. The van der Waals surface area contributed by atoms with Crippen LogP contribution in [-0.2, 0) is 0 Å². The van der Waals surface area contributed by atoms with Crippen LogP contribution in [0.3, 0.4) is 0 Å². The van der Waals surface area contributed by atoms with Crippen molar-refractivity contribution in [1.82, 2.24) is 20.3 Å². The largest absolute Gasteiger partial charge is 0.314 e. The molecule has 2 aromatic carbocycles. The van der Waals surface area contributed by atoms with Crippen molar-refractivity contribution in [3.05, 3.63) is 66.4 Å². The maximum absolute atomic E-state index is 4.27. The lowest BCUT2D eigenvalue weighted by Gasteiger charge is -2.04. The molecule has 0 radical (unpaired) electrons. The zero-order chi connectivity index (χ0) is 15.6. The van der Waals surface area contributed by atoms with Gasteiger partial charge in [0, 0.05) is 17.5 Å². The second-order valence-electron chi connectivity index (χ2n) is 6.01. The highest BCUT2D eigenvalue weighted by atomic mass is 15.4. The summed E-state index contributed by atoms with van der Waals surface area (Å²) in [6, 6.07) is 19.4. The van der Waals surface area contributed by atoms with E-state index in [2.05, 4.69) is 46.8 Å². The van der Waals surface area contributed by atoms with E-state index in [1.54, 1.807) is 0 Å². The standard InChI is InChI=1S/C19H20N4/c1-2-20-18-12-17(18)14-8-10-16(11-9-14)23-13-19(21-22-23)15-6-4-3-5-7-15/h3-11,13,17-18,20H,2,12H2,1H3. The van der Waals surface area contributed by atoms with Crippen molar-refractivity contribution in [2.75, 3.05) is 6.54 Å². The highest BCUT2D eigenvalue weighted by Gasteiger charge is 2.37. The van der Waals surface area contributed by atoms with Crippen LogP contribution in [0, 0.1) is 0 Å². The van der Waals surface area contributed by atoms with E-state index in [1.165, 1.54) is 12.0 Å². The molecule has 0 aliphatic heterocycles. The summed E-state index contributed by atoms with van der Waals surface area (Å²) < 4.78 is 1.83. The molecule has 1 aromatic heterocycles. The van der Waals surface area contributed by atoms with Gasteiger partial charge in [0.1, 0.15) is 5.69 Å². The summed E-state index contributed by atoms with van der Waals surface area (Å²) in [6.45, 7) is 3.20. The van der Waals surface area contributed by atoms with Gasteiger partial charge in [0.15, 0.2) is 0 Å². The molecule has 0 saturated heterocycles. The van der Waals surface area contributed by atoms with Gasteiger partial charge in [0.2, 0.25) is 0 Å². The van der Waals surface area contributed by atoms with Gasteiger partial charge in [0.05, 0.1) is 11.9 Å². The average Bonchev–Trinajstić information content (AvgIpc) is 3.20. The van der Waals surface area contributed by atoms with E-state index in [9.17, 15) is 0 Å². The van der Waals surface area contributed by atoms with Gasteiger partial charge in [-0.05, 0) is 30.7 Å². The summed E-state index contributed by atoms with van der Waals surface area (Å²) in [5.74, 6) is 0.666. The number of likely N-dealkylation sites (N-methyl/N-ethyl adjacent to an activating group) is 1. The molecular weight excluding hydrogens is 284 g/mol. The number of rotatable bonds is 5. The molecule has 4 nitrogen and oxygen atoms in total. The molecule has 1 aliphatic carbocycles. The quantitative estimate of drug-likeness (QED) is 0.785. The molecule has 1 fully saturated rings. The second kappa shape index (κ2) is 5.97. The van der Waals surface area contributed by atoms with Gasteiger partial charge >= 0.3 is 0 Å². The first-order chi connectivity index (χ1) is 11.3. The van der Waals surface area contributed by atoms with Gasteiger partial charge < -0.3 is 5.32 Å². The Morgan fingerprint density at radius 3 is 2.61 bits per heavy atom. The number of nitrogens with one attached hydrogen (secondary N) is 1. The molecule has 23 heavy (non-hydrogen) atoms. The molecular formula is C19H20N4. The molecule has 0 amide bonds. The molecule has 4 rings (SSSR count). The minimum absolute atomic E-state index is 0.655. The lowest BCUT2D eigenvalue weighted by molar-refractivity contribution is 0.703. The van der Waals surface area contributed by atoms with E-state index in [4.69, 9.17) is 0 Å². The molecule has 2 unspecified atom stereocenters. The van der Waals surface area contributed by atoms with E-state index in [-0.39, 0.29) is 0 Å². The monoisotopic (exact) mass is 304 g/mol. The first-order valence-corrected chi connectivity index (χ1v) is 8.16. The predicted molar refractivity (Wildman–Crippen MR) is 91.6 cm³/mol. The molecule has 3 aromatic rings. The normalized spacial score (nSPS) is 19.7. The van der Waals surface area contributed by atoms with Crippen molar-refractivity contribution in [2.45, 2.75) is 25.3 Å². The van der Waals surface area contributed by atoms with Crippen LogP contribution in [0.4, 0.5) is 0 Å². The first-order valence-electron chi connectivity index (χ1n) is 8.16. The van der Waals surface area contributed by atoms with E-state index in [0.29, 0.717) is 12.0 Å². The van der Waals surface area contributed by atoms with Crippen LogP contribution in [0.5, 0.6) is 0 Å². The van der Waals surface area contributed by atoms with Gasteiger partial charge in [-0.25, -0.2) is 4.68 Å². The Bertz CT molecular complexity index is 777. The van der Waals surface area contributed by atoms with Gasteiger partial charge in [-0.1, -0.05) is 54.6 Å². The minimum Gasteiger partial charge on any atom is -0.314 e. The lowest BCUT2D eigenvalue weighted by atomic mass is 10.1. The van der Waals surface area contributed by atoms with E-state index >= 15 is 0 Å². The fraction of sp³-hybridized carbons (Fsp3) is 0.263. The van der Waals surface area contributed by atoms with Crippen LogP contribution >= 0.6 is 0 Å². The molecule has 0 bridgehead atoms. The molecule has 2 atom stereocenters. The highest BCUT2D eigenvalue weighted by Crippen LogP contribution is 2.40. The number of benzene rings is 2. The Morgan fingerprint density at radius 2 is 1.87 bits per heavy atom. The fourth-order valence-corrected chi connectivity index (χ4v) is 3.06. The number of nitrogens with zero attached hydrogens (tertiary/aromatic N) is 3. The van der Waals surface area contributed by atoms with Crippen LogP contribution in [0.25, 0.3) is 16.9 Å². The maximum Gasteiger partial charge on any atom is 0.113 e. The van der Waals surface area contributed by atoms with Crippen molar-refractivity contribution < 1.29 is 0 Å². The third kappa shape index (κ3) is 2.90. The number of aromatic nitrogens is 3. The Balaban J connectivity index is 1.52. The third-order valence-electron chi connectivity index (χ3n) is 4.41. The predicted octanol–water partition coefficient (Wildman–Crippen LogP) is 3.40. The topological polar surface area (TPSA) is 42.7 Å². The van der Waals surface area contributed by atoms with Crippen molar-refractivity contribution in [3.8, 4) is 16.9 Å². The van der Waals surface area contributed by atoms with Crippen LogP contribution in [0.2, 0.25) is 0 Å². The summed E-state index contributed by atoms with van der Waals surface area (Å²) in [7, 11) is 0. The molecule has 1 aliphatic rings. The third-order valence-corrected chi connectivity index (χ3v) is 4.41. The van der Waals surface area contributed by atoms with E-state index in [0.717, 1.165) is 23.5 Å². The van der Waals surface area contributed by atoms with Crippen LogP contribution in [-0.4, -0.2) is 27.6 Å². The molecule has 1 saturated carbocycles. The first kappa shape index (κ1) is 14.2. The van der Waals surface area contributed by atoms with Gasteiger partial charge in [0.25, 0.3) is 0 Å². The molecule has 1 heterocycles. The molecule has 0 spiro atoms. The number of hydrogen-bond acceptors (Lipinski definition) is 3. The van der Waals surface area contributed by atoms with Crippen molar-refractivity contribution in [3.63, 3.8) is 0 Å². The highest BCUT2D eigenvalue weighted by molar-refractivity contribution is 5.57. The zero-order valence-electron chi connectivity index (χ0n) is 13.2. The maximum atomic E-state index is 4.27. The smallest absolute Gasteiger partial charge is 0.113 e. The molecule has 4 heteroatoms. The summed E-state index contributed by atoms with van der Waals surface area (Å²) in [6.07, 6.45) is 3.22. The Hall–Kier alpha value is -2.46. The lowest BCUT2D eigenvalue weighted by Crippen LogP contribution is -2.16. The van der Waals surface area contributed by atoms with Crippen molar-refractivity contribution in [2.24, 2.45) is 0 Å². The van der Waals surface area contributed by atoms with Crippen LogP contribution < -0.4 is 5.32 Å². The summed E-state index contributed by atoms with van der Waals surface area (Å²) >= 11 is 0. The Kier molecular flexibility index (Phi) is 3.67. The Morgan fingerprint density at radius 1 is 1.09 bits per heavy atom. The van der Waals surface area contributed by atoms with Gasteiger partial charge in [-0.15, -0.1) is 5.10 Å². The second-order valence-corrected chi connectivity index (χ2v) is 6.01. The van der Waals surface area contributed by atoms with Crippen molar-refractivity contribution >= 4 is 0 Å². The molecule has 1 N–H and O–H groups in total. The van der Waals surface area contributed by atoms with E-state index in [1.807, 2.05) is 41.2 Å². The van der Waals surface area contributed by atoms with Crippen molar-refractivity contribution in [1.29, 1.82) is 0 Å². The molecule has 116 valence electrons. The van der Waals surface area contributed by atoms with Crippen LogP contribution in [0.1, 0.15) is 24.8 Å². The van der Waals surface area contributed by atoms with Gasteiger partial charge in [-0.2, -0.15) is 0 Å². The fourth-order valence-electron chi connectivity index (χ4n) is 3.06. The minimum atomic E-state index is 0.655. The zero-order valence-corrected chi connectivity index (χ0v) is 13.2. The van der Waals surface area contributed by atoms with E-state index < -0.39 is 0 Å². The summed E-state index contributed by atoms with van der Waals surface area (Å²) in [5, 5.41) is 12.0. The van der Waals surface area contributed by atoms with Crippen LogP contribution in [0.15, 0.2) is 60.8 Å². The summed E-state index contributed by atoms with van der Waals surface area (Å²) in [5.41, 5.74) is 4.43. The SMILES string of the molecule is CCNC1CC1c1ccc(-n2cc(-c3ccccc3)nn2)cc1. The Labute approximate surface area is 136 Å².